The summed E-state index contributed by atoms with van der Waals surface area (Å²) < 4.78 is 14.5. The molecule has 0 radical (unpaired) electrons. The summed E-state index contributed by atoms with van der Waals surface area (Å²) in [6.45, 7) is 3.75. The molecule has 1 heterocycles. The first-order valence-electron chi connectivity index (χ1n) is 6.21. The lowest BCUT2D eigenvalue weighted by atomic mass is 10.1. The second-order valence-corrected chi connectivity index (χ2v) is 5.59. The molecule has 0 aliphatic carbocycles. The molecule has 116 valence electrons. The number of likely N-dealkylation sites (N-methyl/N-ethyl adjacent to an activating group) is 1. The summed E-state index contributed by atoms with van der Waals surface area (Å²) in [5.41, 5.74) is 5.13. The highest BCUT2D eigenvalue weighted by Crippen LogP contribution is 2.27. The number of amides is 2. The van der Waals surface area contributed by atoms with Crippen LogP contribution in [0.5, 0.6) is 0 Å². The third-order valence-electron chi connectivity index (χ3n) is 3.30. The predicted octanol–water partition coefficient (Wildman–Crippen LogP) is 1.57. The monoisotopic (exact) mass is 368 g/mol. The number of carbonyl (C=O) groups is 2. The van der Waals surface area contributed by atoms with Gasteiger partial charge in [0, 0.05) is 18.6 Å². The SMILES string of the molecule is C=C1N(C)C(=O)C(C(N)=O)=C(Nc2ccc(Br)cc2F)N1C. The van der Waals surface area contributed by atoms with E-state index < -0.39 is 17.6 Å². The molecule has 0 spiro atoms. The van der Waals surface area contributed by atoms with E-state index in [4.69, 9.17) is 5.73 Å². The van der Waals surface area contributed by atoms with E-state index in [0.717, 1.165) is 0 Å². The minimum atomic E-state index is -0.906. The zero-order valence-electron chi connectivity index (χ0n) is 12.0. The molecular formula is C14H14BrFN4O2. The van der Waals surface area contributed by atoms with Gasteiger partial charge in [0.2, 0.25) is 0 Å². The van der Waals surface area contributed by atoms with Crippen molar-refractivity contribution in [1.82, 2.24) is 9.80 Å². The van der Waals surface area contributed by atoms with Gasteiger partial charge >= 0.3 is 0 Å². The Morgan fingerprint density at radius 3 is 2.55 bits per heavy atom. The summed E-state index contributed by atoms with van der Waals surface area (Å²) in [7, 11) is 3.06. The number of nitrogens with two attached hydrogens (primary N) is 1. The second-order valence-electron chi connectivity index (χ2n) is 4.68. The molecule has 1 aliphatic rings. The van der Waals surface area contributed by atoms with Gasteiger partial charge in [0.25, 0.3) is 11.8 Å². The number of carbonyl (C=O) groups excluding carboxylic acids is 2. The minimum Gasteiger partial charge on any atom is -0.365 e. The molecule has 8 heteroatoms. The molecule has 0 saturated carbocycles. The molecule has 2 amide bonds. The highest BCUT2D eigenvalue weighted by atomic mass is 79.9. The van der Waals surface area contributed by atoms with Crippen LogP contribution in [0.4, 0.5) is 10.1 Å². The average Bonchev–Trinajstić information content (AvgIpc) is 2.44. The van der Waals surface area contributed by atoms with Crippen LogP contribution in [0.2, 0.25) is 0 Å². The van der Waals surface area contributed by atoms with Crippen LogP contribution in [-0.2, 0) is 9.59 Å². The number of nitrogens with zero attached hydrogens (tertiary/aromatic N) is 2. The van der Waals surface area contributed by atoms with Gasteiger partial charge in [0.1, 0.15) is 23.0 Å². The Bertz CT molecular complexity index is 717. The number of halogens is 2. The van der Waals surface area contributed by atoms with Crippen molar-refractivity contribution in [2.75, 3.05) is 19.4 Å². The molecule has 0 unspecified atom stereocenters. The molecule has 1 aromatic rings. The number of primary amides is 1. The summed E-state index contributed by atoms with van der Waals surface area (Å²) in [6, 6.07) is 4.37. The van der Waals surface area contributed by atoms with Gasteiger partial charge in [-0.3, -0.25) is 14.5 Å². The van der Waals surface area contributed by atoms with Crippen molar-refractivity contribution in [1.29, 1.82) is 0 Å². The van der Waals surface area contributed by atoms with Crippen molar-refractivity contribution in [3.8, 4) is 0 Å². The van der Waals surface area contributed by atoms with E-state index in [1.165, 1.54) is 29.0 Å². The van der Waals surface area contributed by atoms with E-state index in [-0.39, 0.29) is 17.1 Å². The first-order valence-corrected chi connectivity index (χ1v) is 7.00. The fraction of sp³-hybridized carbons (Fsp3) is 0.143. The molecule has 0 saturated heterocycles. The summed E-state index contributed by atoms with van der Waals surface area (Å²) >= 11 is 3.16. The molecule has 0 atom stereocenters. The predicted molar refractivity (Wildman–Crippen MR) is 83.6 cm³/mol. The summed E-state index contributed by atoms with van der Waals surface area (Å²) in [4.78, 5) is 26.5. The van der Waals surface area contributed by atoms with Crippen LogP contribution in [0.25, 0.3) is 0 Å². The van der Waals surface area contributed by atoms with Gasteiger partial charge in [0.05, 0.1) is 5.69 Å². The lowest BCUT2D eigenvalue weighted by Crippen LogP contribution is -2.46. The summed E-state index contributed by atoms with van der Waals surface area (Å²) in [5, 5.41) is 2.74. The first-order chi connectivity index (χ1) is 10.2. The Kier molecular flexibility index (Phi) is 4.23. The molecular weight excluding hydrogens is 355 g/mol. The number of benzene rings is 1. The molecule has 1 aliphatic heterocycles. The third kappa shape index (κ3) is 2.69. The molecule has 6 nitrogen and oxygen atoms in total. The molecule has 0 aromatic heterocycles. The number of hydrogen-bond donors (Lipinski definition) is 2. The Labute approximate surface area is 135 Å². The Balaban J connectivity index is 2.54. The van der Waals surface area contributed by atoms with E-state index in [2.05, 4.69) is 27.8 Å². The van der Waals surface area contributed by atoms with Crippen LogP contribution < -0.4 is 11.1 Å². The van der Waals surface area contributed by atoms with Crippen molar-refractivity contribution >= 4 is 33.4 Å². The van der Waals surface area contributed by atoms with Crippen molar-refractivity contribution in [2.45, 2.75) is 0 Å². The third-order valence-corrected chi connectivity index (χ3v) is 3.79. The fourth-order valence-corrected chi connectivity index (χ4v) is 2.33. The van der Waals surface area contributed by atoms with Crippen molar-refractivity contribution in [3.05, 3.63) is 52.3 Å². The largest absolute Gasteiger partial charge is 0.365 e. The van der Waals surface area contributed by atoms with Crippen LogP contribution in [0.3, 0.4) is 0 Å². The van der Waals surface area contributed by atoms with Crippen LogP contribution >= 0.6 is 15.9 Å². The molecule has 2 rings (SSSR count). The van der Waals surface area contributed by atoms with Gasteiger partial charge in [-0.25, -0.2) is 4.39 Å². The Morgan fingerprint density at radius 1 is 1.36 bits per heavy atom. The average molecular weight is 369 g/mol. The van der Waals surface area contributed by atoms with Crippen molar-refractivity contribution in [3.63, 3.8) is 0 Å². The second kappa shape index (κ2) is 5.80. The van der Waals surface area contributed by atoms with Gasteiger partial charge < -0.3 is 16.0 Å². The number of hydrogen-bond acceptors (Lipinski definition) is 4. The highest BCUT2D eigenvalue weighted by molar-refractivity contribution is 9.10. The topological polar surface area (TPSA) is 78.7 Å². The van der Waals surface area contributed by atoms with E-state index in [1.54, 1.807) is 13.1 Å². The van der Waals surface area contributed by atoms with Gasteiger partial charge in [0.15, 0.2) is 0 Å². The molecule has 22 heavy (non-hydrogen) atoms. The minimum absolute atomic E-state index is 0.0850. The van der Waals surface area contributed by atoms with Crippen LogP contribution in [0, 0.1) is 5.82 Å². The van der Waals surface area contributed by atoms with Crippen molar-refractivity contribution in [2.24, 2.45) is 5.73 Å². The number of rotatable bonds is 3. The lowest BCUT2D eigenvalue weighted by molar-refractivity contribution is -0.129. The normalized spacial score (nSPS) is 15.5. The smallest absolute Gasteiger partial charge is 0.268 e. The highest BCUT2D eigenvalue weighted by Gasteiger charge is 2.34. The van der Waals surface area contributed by atoms with Crippen molar-refractivity contribution < 1.29 is 14.0 Å². The van der Waals surface area contributed by atoms with E-state index in [9.17, 15) is 14.0 Å². The Hall–Kier alpha value is -2.35. The first kappa shape index (κ1) is 16.0. The molecule has 1 aromatic carbocycles. The molecule has 0 bridgehead atoms. The summed E-state index contributed by atoms with van der Waals surface area (Å²) in [6.07, 6.45) is 0. The maximum atomic E-state index is 14.0. The molecule has 0 fully saturated rings. The summed E-state index contributed by atoms with van der Waals surface area (Å²) in [5.74, 6) is -1.64. The van der Waals surface area contributed by atoms with E-state index in [0.29, 0.717) is 10.3 Å². The van der Waals surface area contributed by atoms with Crippen LogP contribution in [0.1, 0.15) is 0 Å². The quantitative estimate of drug-likeness (QED) is 0.793. The van der Waals surface area contributed by atoms with Crippen LogP contribution in [0.15, 0.2) is 46.5 Å². The maximum absolute atomic E-state index is 14.0. The molecule has 3 N–H and O–H groups in total. The zero-order valence-corrected chi connectivity index (χ0v) is 13.6. The standard InChI is InChI=1S/C14H14BrFN4O2/c1-7-19(2)13(11(12(17)21)14(22)20(7)3)18-10-5-4-8(15)6-9(10)16/h4-6,18H,1H2,2-3H3,(H2,17,21). The van der Waals surface area contributed by atoms with Gasteiger partial charge in [-0.15, -0.1) is 0 Å². The fourth-order valence-electron chi connectivity index (χ4n) is 1.99. The Morgan fingerprint density at radius 2 is 2.00 bits per heavy atom. The number of nitrogens with one attached hydrogen (secondary N) is 1. The van der Waals surface area contributed by atoms with Gasteiger partial charge in [-0.2, -0.15) is 0 Å². The maximum Gasteiger partial charge on any atom is 0.268 e. The van der Waals surface area contributed by atoms with Gasteiger partial charge in [-0.05, 0) is 18.2 Å². The van der Waals surface area contributed by atoms with E-state index in [1.807, 2.05) is 0 Å². The lowest BCUT2D eigenvalue weighted by Gasteiger charge is -2.36. The van der Waals surface area contributed by atoms with Gasteiger partial charge in [-0.1, -0.05) is 22.5 Å². The number of anilines is 1. The zero-order chi connectivity index (χ0) is 16.6. The van der Waals surface area contributed by atoms with E-state index >= 15 is 0 Å². The van der Waals surface area contributed by atoms with Crippen LogP contribution in [-0.4, -0.2) is 35.7 Å².